The fourth-order valence-corrected chi connectivity index (χ4v) is 1.69. The maximum atomic E-state index is 11.3. The molecule has 1 fully saturated rings. The Balaban J connectivity index is 2.29. The lowest BCUT2D eigenvalue weighted by molar-refractivity contribution is -0.132. The molecule has 1 saturated heterocycles. The molecule has 0 aromatic heterocycles. The molecule has 0 atom stereocenters. The fourth-order valence-electron chi connectivity index (χ4n) is 1.69. The Kier molecular flexibility index (Phi) is 4.41. The van der Waals surface area contributed by atoms with E-state index >= 15 is 0 Å². The molecule has 1 heterocycles. The van der Waals surface area contributed by atoms with Crippen molar-refractivity contribution < 1.29 is 9.53 Å². The third-order valence-corrected chi connectivity index (χ3v) is 2.43. The standard InChI is InChI=1S/C10H16N2O2/c1-2-14-9-4-7-12(8-5-9)10(13)3-6-11/h9H,2-5,7-8H2,1H3. The molecule has 0 aliphatic carbocycles. The number of nitriles is 1. The van der Waals surface area contributed by atoms with E-state index in [-0.39, 0.29) is 12.3 Å². The molecule has 0 N–H and O–H groups in total. The van der Waals surface area contributed by atoms with E-state index in [2.05, 4.69) is 0 Å². The minimum atomic E-state index is -0.0533. The zero-order chi connectivity index (χ0) is 10.4. The molecule has 4 nitrogen and oxygen atoms in total. The molecule has 0 saturated carbocycles. The van der Waals surface area contributed by atoms with Gasteiger partial charge in [-0.1, -0.05) is 0 Å². The summed E-state index contributed by atoms with van der Waals surface area (Å²) in [4.78, 5) is 13.1. The highest BCUT2D eigenvalue weighted by molar-refractivity contribution is 5.78. The molecule has 0 spiro atoms. The summed E-state index contributed by atoms with van der Waals surface area (Å²) in [6.07, 6.45) is 2.08. The molecule has 0 unspecified atom stereocenters. The van der Waals surface area contributed by atoms with E-state index in [4.69, 9.17) is 10.00 Å². The lowest BCUT2D eigenvalue weighted by atomic mass is 10.1. The van der Waals surface area contributed by atoms with Crippen molar-refractivity contribution in [3.63, 3.8) is 0 Å². The quantitative estimate of drug-likeness (QED) is 0.674. The number of hydrogen-bond donors (Lipinski definition) is 0. The Morgan fingerprint density at radius 2 is 2.21 bits per heavy atom. The first kappa shape index (κ1) is 11.0. The molecular weight excluding hydrogens is 180 g/mol. The van der Waals surface area contributed by atoms with Gasteiger partial charge in [0.15, 0.2) is 0 Å². The number of carbonyl (C=O) groups excluding carboxylic acids is 1. The first-order valence-electron chi connectivity index (χ1n) is 5.04. The third kappa shape index (κ3) is 3.00. The van der Waals surface area contributed by atoms with Gasteiger partial charge in [-0.3, -0.25) is 4.79 Å². The average molecular weight is 196 g/mol. The van der Waals surface area contributed by atoms with E-state index < -0.39 is 0 Å². The van der Waals surface area contributed by atoms with Crippen LogP contribution in [0.5, 0.6) is 0 Å². The highest BCUT2D eigenvalue weighted by Crippen LogP contribution is 2.14. The van der Waals surface area contributed by atoms with Crippen molar-refractivity contribution in [2.24, 2.45) is 0 Å². The van der Waals surface area contributed by atoms with Crippen LogP contribution < -0.4 is 0 Å². The van der Waals surface area contributed by atoms with Gasteiger partial charge in [0.05, 0.1) is 12.2 Å². The van der Waals surface area contributed by atoms with E-state index in [1.807, 2.05) is 13.0 Å². The van der Waals surface area contributed by atoms with Crippen molar-refractivity contribution in [1.82, 2.24) is 4.90 Å². The molecule has 1 aliphatic heterocycles. The summed E-state index contributed by atoms with van der Waals surface area (Å²) in [6.45, 7) is 4.17. The summed E-state index contributed by atoms with van der Waals surface area (Å²) < 4.78 is 5.47. The van der Waals surface area contributed by atoms with E-state index in [9.17, 15) is 4.79 Å². The predicted molar refractivity (Wildman–Crippen MR) is 51.5 cm³/mol. The molecule has 1 rings (SSSR count). The fraction of sp³-hybridized carbons (Fsp3) is 0.800. The summed E-state index contributed by atoms with van der Waals surface area (Å²) in [6, 6.07) is 1.88. The Bertz CT molecular complexity index is 227. The van der Waals surface area contributed by atoms with Crippen LogP contribution in [-0.2, 0) is 9.53 Å². The van der Waals surface area contributed by atoms with Gasteiger partial charge in [-0.25, -0.2) is 0 Å². The van der Waals surface area contributed by atoms with Crippen LogP contribution in [0.15, 0.2) is 0 Å². The summed E-state index contributed by atoms with van der Waals surface area (Å²) in [7, 11) is 0. The highest BCUT2D eigenvalue weighted by atomic mass is 16.5. The van der Waals surface area contributed by atoms with Gasteiger partial charge in [-0.05, 0) is 19.8 Å². The zero-order valence-electron chi connectivity index (χ0n) is 8.53. The molecule has 0 radical (unpaired) electrons. The molecule has 0 bridgehead atoms. The van der Waals surface area contributed by atoms with E-state index in [1.165, 1.54) is 0 Å². The van der Waals surface area contributed by atoms with Gasteiger partial charge in [0.1, 0.15) is 6.42 Å². The zero-order valence-corrected chi connectivity index (χ0v) is 8.53. The van der Waals surface area contributed by atoms with Crippen LogP contribution >= 0.6 is 0 Å². The Morgan fingerprint density at radius 1 is 1.57 bits per heavy atom. The number of rotatable bonds is 3. The molecule has 4 heteroatoms. The SMILES string of the molecule is CCOC1CCN(C(=O)CC#N)CC1. The number of ether oxygens (including phenoxy) is 1. The second-order valence-electron chi connectivity index (χ2n) is 3.37. The Labute approximate surface area is 84.4 Å². The van der Waals surface area contributed by atoms with Crippen molar-refractivity contribution in [2.45, 2.75) is 32.3 Å². The third-order valence-electron chi connectivity index (χ3n) is 2.43. The monoisotopic (exact) mass is 196 g/mol. The molecule has 14 heavy (non-hydrogen) atoms. The number of piperidine rings is 1. The smallest absolute Gasteiger partial charge is 0.236 e. The topological polar surface area (TPSA) is 53.3 Å². The van der Waals surface area contributed by atoms with Gasteiger partial charge >= 0.3 is 0 Å². The Hall–Kier alpha value is -1.08. The average Bonchev–Trinajstić information content (AvgIpc) is 2.20. The van der Waals surface area contributed by atoms with Crippen molar-refractivity contribution >= 4 is 5.91 Å². The van der Waals surface area contributed by atoms with Crippen molar-refractivity contribution in [2.75, 3.05) is 19.7 Å². The normalized spacial score (nSPS) is 17.9. The number of nitrogens with zero attached hydrogens (tertiary/aromatic N) is 2. The highest BCUT2D eigenvalue weighted by Gasteiger charge is 2.22. The van der Waals surface area contributed by atoms with Crippen LogP contribution in [0.4, 0.5) is 0 Å². The summed E-state index contributed by atoms with van der Waals surface area (Å²) >= 11 is 0. The van der Waals surface area contributed by atoms with Crippen LogP contribution in [0.3, 0.4) is 0 Å². The van der Waals surface area contributed by atoms with Crippen LogP contribution in [0.25, 0.3) is 0 Å². The van der Waals surface area contributed by atoms with Crippen LogP contribution in [0, 0.1) is 11.3 Å². The van der Waals surface area contributed by atoms with Gasteiger partial charge in [0.25, 0.3) is 0 Å². The maximum Gasteiger partial charge on any atom is 0.236 e. The Morgan fingerprint density at radius 3 is 2.71 bits per heavy atom. The largest absolute Gasteiger partial charge is 0.378 e. The van der Waals surface area contributed by atoms with Gasteiger partial charge in [-0.15, -0.1) is 0 Å². The molecule has 0 aromatic rings. The minimum Gasteiger partial charge on any atom is -0.378 e. The van der Waals surface area contributed by atoms with Crippen molar-refractivity contribution in [1.29, 1.82) is 5.26 Å². The minimum absolute atomic E-state index is 0.000693. The summed E-state index contributed by atoms with van der Waals surface area (Å²) in [5.41, 5.74) is 0. The maximum absolute atomic E-state index is 11.3. The second kappa shape index (κ2) is 5.61. The molecule has 1 aliphatic rings. The number of carbonyl (C=O) groups is 1. The van der Waals surface area contributed by atoms with Crippen LogP contribution in [0.1, 0.15) is 26.2 Å². The first-order valence-corrected chi connectivity index (χ1v) is 5.04. The van der Waals surface area contributed by atoms with Gasteiger partial charge in [0.2, 0.25) is 5.91 Å². The first-order chi connectivity index (χ1) is 6.77. The summed E-state index contributed by atoms with van der Waals surface area (Å²) in [5, 5.41) is 8.38. The van der Waals surface area contributed by atoms with Gasteiger partial charge < -0.3 is 9.64 Å². The second-order valence-corrected chi connectivity index (χ2v) is 3.37. The van der Waals surface area contributed by atoms with Gasteiger partial charge in [0, 0.05) is 19.7 Å². The van der Waals surface area contributed by atoms with E-state index in [0.29, 0.717) is 6.10 Å². The number of likely N-dealkylation sites (tertiary alicyclic amines) is 1. The van der Waals surface area contributed by atoms with Crippen molar-refractivity contribution in [3.8, 4) is 6.07 Å². The van der Waals surface area contributed by atoms with Gasteiger partial charge in [-0.2, -0.15) is 5.26 Å². The molecule has 0 aromatic carbocycles. The lowest BCUT2D eigenvalue weighted by Gasteiger charge is -2.31. The van der Waals surface area contributed by atoms with Crippen molar-refractivity contribution in [3.05, 3.63) is 0 Å². The molecule has 78 valence electrons. The number of hydrogen-bond acceptors (Lipinski definition) is 3. The number of amides is 1. The predicted octanol–water partition coefficient (Wildman–Crippen LogP) is 0.928. The lowest BCUT2D eigenvalue weighted by Crippen LogP contribution is -2.40. The summed E-state index contributed by atoms with van der Waals surface area (Å²) in [5.74, 6) is -0.0533. The van der Waals surface area contributed by atoms with E-state index in [1.54, 1.807) is 4.90 Å². The van der Waals surface area contributed by atoms with Crippen LogP contribution in [-0.4, -0.2) is 36.6 Å². The molecular formula is C10H16N2O2. The molecule has 1 amide bonds. The van der Waals surface area contributed by atoms with Crippen LogP contribution in [0.2, 0.25) is 0 Å². The van der Waals surface area contributed by atoms with E-state index in [0.717, 1.165) is 32.5 Å².